The second-order valence-corrected chi connectivity index (χ2v) is 4.76. The van der Waals surface area contributed by atoms with Crippen molar-refractivity contribution in [2.24, 2.45) is 0 Å². The zero-order valence-electron chi connectivity index (χ0n) is 8.67. The van der Waals surface area contributed by atoms with E-state index in [4.69, 9.17) is 4.74 Å². The lowest BCUT2D eigenvalue weighted by Gasteiger charge is -2.18. The summed E-state index contributed by atoms with van der Waals surface area (Å²) in [6, 6.07) is 4.95. The van der Waals surface area contributed by atoms with E-state index >= 15 is 0 Å². The Hall–Kier alpha value is -0.700. The molecule has 1 aromatic rings. The van der Waals surface area contributed by atoms with Crippen molar-refractivity contribution in [3.63, 3.8) is 0 Å². The van der Waals surface area contributed by atoms with Crippen LogP contribution in [0.4, 0.5) is 4.39 Å². The molecule has 0 amide bonds. The first kappa shape index (κ1) is 11.4. The van der Waals surface area contributed by atoms with Crippen molar-refractivity contribution in [2.75, 3.05) is 6.61 Å². The molecule has 0 atom stereocenters. The monoisotopic (exact) mass is 214 g/mol. The molecule has 1 rings (SSSR count). The van der Waals surface area contributed by atoms with E-state index in [2.05, 4.69) is 12.6 Å². The largest absolute Gasteiger partial charge is 0.491 e. The molecule has 0 aliphatic rings. The zero-order valence-corrected chi connectivity index (χ0v) is 9.57. The Morgan fingerprint density at radius 3 is 2.50 bits per heavy atom. The van der Waals surface area contributed by atoms with Gasteiger partial charge < -0.3 is 4.74 Å². The van der Waals surface area contributed by atoms with Gasteiger partial charge in [0.25, 0.3) is 0 Å². The summed E-state index contributed by atoms with van der Waals surface area (Å²) in [4.78, 5) is 0. The second kappa shape index (κ2) is 4.22. The number of halogens is 1. The van der Waals surface area contributed by atoms with Gasteiger partial charge in [-0.2, -0.15) is 12.6 Å². The predicted molar refractivity (Wildman–Crippen MR) is 59.6 cm³/mol. The van der Waals surface area contributed by atoms with Crippen LogP contribution in [-0.2, 0) is 4.75 Å². The summed E-state index contributed by atoms with van der Waals surface area (Å²) in [5.41, 5.74) is 0.849. The average Bonchev–Trinajstić information content (AvgIpc) is 2.07. The number of thiol groups is 1. The summed E-state index contributed by atoms with van der Waals surface area (Å²) < 4.78 is 18.2. The van der Waals surface area contributed by atoms with Crippen LogP contribution in [0.15, 0.2) is 18.2 Å². The maximum absolute atomic E-state index is 13.4. The first-order valence-electron chi connectivity index (χ1n) is 4.60. The van der Waals surface area contributed by atoms with Gasteiger partial charge in [-0.3, -0.25) is 0 Å². The molecule has 0 saturated carbocycles. The molecule has 0 saturated heterocycles. The van der Waals surface area contributed by atoms with Gasteiger partial charge in [-0.15, -0.1) is 0 Å². The number of hydrogen-bond donors (Lipinski definition) is 1. The van der Waals surface area contributed by atoms with Gasteiger partial charge in [-0.1, -0.05) is 6.07 Å². The van der Waals surface area contributed by atoms with Gasteiger partial charge in [0, 0.05) is 4.75 Å². The van der Waals surface area contributed by atoms with E-state index in [1.807, 2.05) is 26.8 Å². The first-order chi connectivity index (χ1) is 6.45. The van der Waals surface area contributed by atoms with Crippen molar-refractivity contribution >= 4 is 12.6 Å². The highest BCUT2D eigenvalue weighted by Crippen LogP contribution is 2.30. The highest BCUT2D eigenvalue weighted by Gasteiger charge is 2.16. The van der Waals surface area contributed by atoms with Crippen molar-refractivity contribution in [3.05, 3.63) is 29.6 Å². The predicted octanol–water partition coefficient (Wildman–Crippen LogP) is 3.39. The van der Waals surface area contributed by atoms with Crippen LogP contribution in [0.5, 0.6) is 5.75 Å². The fraction of sp³-hybridized carbons (Fsp3) is 0.455. The molecule has 0 N–H and O–H groups in total. The number of rotatable bonds is 3. The molecule has 0 aliphatic carbocycles. The third kappa shape index (κ3) is 2.64. The Morgan fingerprint density at radius 1 is 1.43 bits per heavy atom. The summed E-state index contributed by atoms with van der Waals surface area (Å²) in [7, 11) is 0. The Morgan fingerprint density at radius 2 is 2.07 bits per heavy atom. The maximum atomic E-state index is 13.4. The third-order valence-corrected chi connectivity index (χ3v) is 2.20. The molecule has 0 fully saturated rings. The molecule has 1 aromatic carbocycles. The minimum absolute atomic E-state index is 0.300. The van der Waals surface area contributed by atoms with E-state index in [0.29, 0.717) is 12.4 Å². The van der Waals surface area contributed by atoms with Crippen LogP contribution in [0.3, 0.4) is 0 Å². The van der Waals surface area contributed by atoms with Crippen LogP contribution in [0.2, 0.25) is 0 Å². The number of benzene rings is 1. The maximum Gasteiger partial charge on any atom is 0.165 e. The average molecular weight is 214 g/mol. The van der Waals surface area contributed by atoms with Crippen LogP contribution in [0.25, 0.3) is 0 Å². The summed E-state index contributed by atoms with van der Waals surface area (Å²) in [6.45, 7) is 6.15. The van der Waals surface area contributed by atoms with E-state index in [9.17, 15) is 4.39 Å². The fourth-order valence-electron chi connectivity index (χ4n) is 1.15. The van der Waals surface area contributed by atoms with Crippen molar-refractivity contribution < 1.29 is 9.13 Å². The van der Waals surface area contributed by atoms with E-state index < -0.39 is 0 Å². The van der Waals surface area contributed by atoms with Crippen LogP contribution in [0.1, 0.15) is 26.3 Å². The fourth-order valence-corrected chi connectivity index (χ4v) is 1.29. The topological polar surface area (TPSA) is 9.23 Å². The van der Waals surface area contributed by atoms with Crippen LogP contribution in [0, 0.1) is 5.82 Å². The van der Waals surface area contributed by atoms with E-state index in [-0.39, 0.29) is 10.6 Å². The molecule has 78 valence electrons. The number of hydrogen-bond acceptors (Lipinski definition) is 2. The van der Waals surface area contributed by atoms with Gasteiger partial charge in [0.15, 0.2) is 11.6 Å². The van der Waals surface area contributed by atoms with E-state index in [1.54, 1.807) is 6.07 Å². The Labute approximate surface area is 89.7 Å². The Balaban J connectivity index is 3.01. The highest BCUT2D eigenvalue weighted by molar-refractivity contribution is 7.81. The lowest BCUT2D eigenvalue weighted by atomic mass is 10.0. The van der Waals surface area contributed by atoms with Gasteiger partial charge >= 0.3 is 0 Å². The molecule has 0 aliphatic heterocycles. The van der Waals surface area contributed by atoms with Gasteiger partial charge in [-0.05, 0) is 38.5 Å². The molecule has 0 bridgehead atoms. The van der Waals surface area contributed by atoms with Crippen molar-refractivity contribution in [1.29, 1.82) is 0 Å². The zero-order chi connectivity index (χ0) is 10.8. The molecule has 0 unspecified atom stereocenters. The first-order valence-corrected chi connectivity index (χ1v) is 5.05. The van der Waals surface area contributed by atoms with Crippen LogP contribution >= 0.6 is 12.6 Å². The molecule has 1 nitrogen and oxygen atoms in total. The smallest absolute Gasteiger partial charge is 0.165 e. The highest BCUT2D eigenvalue weighted by atomic mass is 32.1. The molecular formula is C11H15FOS. The van der Waals surface area contributed by atoms with Crippen molar-refractivity contribution in [2.45, 2.75) is 25.5 Å². The van der Waals surface area contributed by atoms with Crippen molar-refractivity contribution in [1.82, 2.24) is 0 Å². The second-order valence-electron chi connectivity index (χ2n) is 3.64. The third-order valence-electron chi connectivity index (χ3n) is 1.94. The van der Waals surface area contributed by atoms with Crippen molar-refractivity contribution in [3.8, 4) is 5.75 Å². The molecule has 0 spiro atoms. The minimum Gasteiger partial charge on any atom is -0.491 e. The Kier molecular flexibility index (Phi) is 3.43. The minimum atomic E-state index is -0.328. The van der Waals surface area contributed by atoms with E-state index in [1.165, 1.54) is 6.07 Å². The molecule has 0 aromatic heterocycles. The number of ether oxygens (including phenoxy) is 1. The molecular weight excluding hydrogens is 199 g/mol. The van der Waals surface area contributed by atoms with Crippen LogP contribution in [-0.4, -0.2) is 6.61 Å². The van der Waals surface area contributed by atoms with Gasteiger partial charge in [0.2, 0.25) is 0 Å². The summed E-state index contributed by atoms with van der Waals surface area (Å²) >= 11 is 4.37. The molecule has 0 radical (unpaired) electrons. The van der Waals surface area contributed by atoms with Crippen LogP contribution < -0.4 is 4.74 Å². The summed E-state index contributed by atoms with van der Waals surface area (Å²) in [6.07, 6.45) is 0. The SMILES string of the molecule is CCOc1ccc(C(C)(C)S)cc1F. The van der Waals surface area contributed by atoms with Gasteiger partial charge in [-0.25, -0.2) is 4.39 Å². The standard InChI is InChI=1S/C11H15FOS/c1-4-13-10-6-5-8(7-9(10)12)11(2,3)14/h5-7,14H,4H2,1-3H3. The quantitative estimate of drug-likeness (QED) is 0.759. The molecule has 0 heterocycles. The lowest BCUT2D eigenvalue weighted by Crippen LogP contribution is -2.08. The van der Waals surface area contributed by atoms with E-state index in [0.717, 1.165) is 5.56 Å². The molecule has 3 heteroatoms. The van der Waals surface area contributed by atoms with Gasteiger partial charge in [0.05, 0.1) is 6.61 Å². The lowest BCUT2D eigenvalue weighted by molar-refractivity contribution is 0.321. The summed E-state index contributed by atoms with van der Waals surface area (Å²) in [5.74, 6) is -0.0275. The van der Waals surface area contributed by atoms with Gasteiger partial charge in [0.1, 0.15) is 0 Å². The molecule has 14 heavy (non-hydrogen) atoms. The normalized spacial score (nSPS) is 11.5. The summed E-state index contributed by atoms with van der Waals surface area (Å²) in [5, 5.41) is 0. The Bertz CT molecular complexity index is 318.